The number of fused-ring (bicyclic) bond motifs is 3. The number of hydrogen-bond donors (Lipinski definition) is 1. The molecule has 1 aliphatic rings. The quantitative estimate of drug-likeness (QED) is 0.750. The molecule has 19 heavy (non-hydrogen) atoms. The number of carbonyl (C=O) groups excluding carboxylic acids is 1. The summed E-state index contributed by atoms with van der Waals surface area (Å²) in [6, 6.07) is 5.58. The van der Waals surface area contributed by atoms with Crippen molar-refractivity contribution < 1.29 is 4.79 Å². The molecule has 2 aromatic rings. The van der Waals surface area contributed by atoms with E-state index >= 15 is 0 Å². The minimum atomic E-state index is -0.319. The first kappa shape index (κ1) is 12.1. The zero-order chi connectivity index (χ0) is 13.6. The Morgan fingerprint density at radius 2 is 2.21 bits per heavy atom. The number of rotatable bonds is 0. The van der Waals surface area contributed by atoms with E-state index in [4.69, 9.17) is 11.6 Å². The second kappa shape index (κ2) is 4.31. The molecule has 1 atom stereocenters. The number of amides is 1. The number of pyridine rings is 2. The van der Waals surface area contributed by atoms with Crippen LogP contribution in [0.2, 0.25) is 5.15 Å². The van der Waals surface area contributed by atoms with Gasteiger partial charge >= 0.3 is 0 Å². The van der Waals surface area contributed by atoms with E-state index in [0.29, 0.717) is 10.8 Å². The van der Waals surface area contributed by atoms with Gasteiger partial charge in [-0.2, -0.15) is 0 Å². The predicted octanol–water partition coefficient (Wildman–Crippen LogP) is 3.16. The van der Waals surface area contributed by atoms with Crippen LogP contribution in [-0.4, -0.2) is 15.9 Å². The monoisotopic (exact) mass is 273 g/mol. The third kappa shape index (κ3) is 1.88. The van der Waals surface area contributed by atoms with Crippen molar-refractivity contribution in [3.8, 4) is 11.1 Å². The predicted molar refractivity (Wildman–Crippen MR) is 74.3 cm³/mol. The van der Waals surface area contributed by atoms with E-state index in [1.54, 1.807) is 6.20 Å². The van der Waals surface area contributed by atoms with Gasteiger partial charge in [0.05, 0.1) is 17.3 Å². The number of anilines is 1. The summed E-state index contributed by atoms with van der Waals surface area (Å²) in [6.45, 7) is 3.68. The minimum absolute atomic E-state index is 0.0830. The van der Waals surface area contributed by atoms with Crippen molar-refractivity contribution >= 4 is 23.2 Å². The van der Waals surface area contributed by atoms with Crippen molar-refractivity contribution in [2.24, 2.45) is 0 Å². The molecule has 2 aromatic heterocycles. The van der Waals surface area contributed by atoms with E-state index < -0.39 is 0 Å². The molecule has 3 heterocycles. The summed E-state index contributed by atoms with van der Waals surface area (Å²) in [5, 5.41) is 3.28. The zero-order valence-corrected chi connectivity index (χ0v) is 11.3. The van der Waals surface area contributed by atoms with Gasteiger partial charge < -0.3 is 5.32 Å². The number of halogens is 1. The molecule has 0 unspecified atom stereocenters. The third-order valence-electron chi connectivity index (χ3n) is 3.27. The van der Waals surface area contributed by atoms with Crippen LogP contribution in [-0.2, 0) is 4.79 Å². The molecule has 4 nitrogen and oxygen atoms in total. The van der Waals surface area contributed by atoms with E-state index in [1.165, 1.54) is 0 Å². The lowest BCUT2D eigenvalue weighted by Gasteiger charge is -2.10. The number of aryl methyl sites for hydroxylation is 1. The third-order valence-corrected chi connectivity index (χ3v) is 3.55. The number of nitrogens with zero attached hydrogens (tertiary/aromatic N) is 2. The van der Waals surface area contributed by atoms with Gasteiger partial charge in [-0.3, -0.25) is 9.78 Å². The van der Waals surface area contributed by atoms with Gasteiger partial charge in [0.2, 0.25) is 5.91 Å². The number of nitrogens with one attached hydrogen (secondary N) is 1. The fraction of sp³-hybridized carbons (Fsp3) is 0.214. The lowest BCUT2D eigenvalue weighted by Crippen LogP contribution is -2.18. The SMILES string of the molecule is Cc1cc2c(c(Cl)n1)-c1cccnc1[C@@H](C)C(=O)N2. The van der Waals surface area contributed by atoms with Gasteiger partial charge in [-0.25, -0.2) is 4.98 Å². The minimum Gasteiger partial charge on any atom is -0.325 e. The molecule has 5 heteroatoms. The van der Waals surface area contributed by atoms with Crippen molar-refractivity contribution in [1.82, 2.24) is 9.97 Å². The Labute approximate surface area is 115 Å². The van der Waals surface area contributed by atoms with Crippen molar-refractivity contribution in [1.29, 1.82) is 0 Å². The molecular weight excluding hydrogens is 262 g/mol. The Kier molecular flexibility index (Phi) is 2.75. The van der Waals surface area contributed by atoms with Gasteiger partial charge in [-0.15, -0.1) is 0 Å². The molecule has 0 saturated carbocycles. The molecule has 1 aliphatic heterocycles. The molecule has 1 amide bonds. The average Bonchev–Trinajstić information content (AvgIpc) is 2.46. The average molecular weight is 274 g/mol. The van der Waals surface area contributed by atoms with Crippen LogP contribution in [0.3, 0.4) is 0 Å². The molecule has 0 bridgehead atoms. The van der Waals surface area contributed by atoms with Crippen molar-refractivity contribution in [3.05, 3.63) is 40.9 Å². The number of hydrogen-bond acceptors (Lipinski definition) is 3. The van der Waals surface area contributed by atoms with E-state index in [-0.39, 0.29) is 11.8 Å². The van der Waals surface area contributed by atoms with Crippen LogP contribution in [0.5, 0.6) is 0 Å². The Morgan fingerprint density at radius 3 is 3.00 bits per heavy atom. The fourth-order valence-electron chi connectivity index (χ4n) is 2.33. The normalized spacial score (nSPS) is 17.2. The number of carbonyl (C=O) groups is 1. The van der Waals surface area contributed by atoms with Crippen LogP contribution in [0, 0.1) is 6.92 Å². The molecule has 0 aliphatic carbocycles. The highest BCUT2D eigenvalue weighted by molar-refractivity contribution is 6.33. The Balaban J connectivity index is 2.38. The fourth-order valence-corrected chi connectivity index (χ4v) is 2.67. The molecule has 0 aromatic carbocycles. The van der Waals surface area contributed by atoms with E-state index in [1.807, 2.05) is 32.0 Å². The largest absolute Gasteiger partial charge is 0.325 e. The topological polar surface area (TPSA) is 54.9 Å². The Hall–Kier alpha value is -1.94. The summed E-state index contributed by atoms with van der Waals surface area (Å²) in [7, 11) is 0. The molecule has 96 valence electrons. The highest BCUT2D eigenvalue weighted by Gasteiger charge is 2.28. The lowest BCUT2D eigenvalue weighted by molar-refractivity contribution is -0.117. The standard InChI is InChI=1S/C14H12ClN3O/c1-7-6-10-11(13(15)17-7)9-4-3-5-16-12(9)8(2)14(19)18-10/h3-6,8H,1-2H3,(H,18,19)/t8-/m1/s1. The summed E-state index contributed by atoms with van der Waals surface area (Å²) < 4.78 is 0. The van der Waals surface area contributed by atoms with E-state index in [0.717, 1.165) is 22.5 Å². The molecule has 0 saturated heterocycles. The van der Waals surface area contributed by atoms with Crippen molar-refractivity contribution in [2.75, 3.05) is 5.32 Å². The van der Waals surface area contributed by atoms with Crippen LogP contribution in [0.4, 0.5) is 5.69 Å². The molecule has 0 spiro atoms. The van der Waals surface area contributed by atoms with E-state index in [9.17, 15) is 4.79 Å². The summed E-state index contributed by atoms with van der Waals surface area (Å²) in [5.41, 5.74) is 3.80. The molecule has 0 radical (unpaired) electrons. The first-order valence-corrected chi connectivity index (χ1v) is 6.39. The summed E-state index contributed by atoms with van der Waals surface area (Å²) in [6.07, 6.45) is 1.68. The van der Waals surface area contributed by atoms with Crippen LogP contribution in [0.15, 0.2) is 24.4 Å². The summed E-state index contributed by atoms with van der Waals surface area (Å²) in [5.74, 6) is -0.402. The Morgan fingerprint density at radius 1 is 1.42 bits per heavy atom. The van der Waals surface area contributed by atoms with Crippen LogP contribution >= 0.6 is 11.6 Å². The molecular formula is C14H12ClN3O. The summed E-state index contributed by atoms with van der Waals surface area (Å²) >= 11 is 6.25. The van der Waals surface area contributed by atoms with Gasteiger partial charge in [0.1, 0.15) is 5.15 Å². The maximum Gasteiger partial charge on any atom is 0.233 e. The van der Waals surface area contributed by atoms with Gasteiger partial charge in [0.15, 0.2) is 0 Å². The molecule has 3 rings (SSSR count). The smallest absolute Gasteiger partial charge is 0.233 e. The zero-order valence-electron chi connectivity index (χ0n) is 10.6. The van der Waals surface area contributed by atoms with Gasteiger partial charge in [-0.05, 0) is 26.0 Å². The highest BCUT2D eigenvalue weighted by atomic mass is 35.5. The first-order chi connectivity index (χ1) is 9.08. The van der Waals surface area contributed by atoms with Crippen LogP contribution < -0.4 is 5.32 Å². The van der Waals surface area contributed by atoms with Crippen molar-refractivity contribution in [2.45, 2.75) is 19.8 Å². The number of aromatic nitrogens is 2. The van der Waals surface area contributed by atoms with Crippen LogP contribution in [0.25, 0.3) is 11.1 Å². The molecule has 1 N–H and O–H groups in total. The first-order valence-electron chi connectivity index (χ1n) is 6.01. The molecule has 0 fully saturated rings. The maximum atomic E-state index is 12.1. The highest BCUT2D eigenvalue weighted by Crippen LogP contribution is 2.40. The van der Waals surface area contributed by atoms with Crippen LogP contribution in [0.1, 0.15) is 24.2 Å². The Bertz CT molecular complexity index is 684. The maximum absolute atomic E-state index is 12.1. The van der Waals surface area contributed by atoms with Gasteiger partial charge in [0.25, 0.3) is 0 Å². The second-order valence-corrected chi connectivity index (χ2v) is 4.98. The lowest BCUT2D eigenvalue weighted by atomic mass is 9.98. The summed E-state index contributed by atoms with van der Waals surface area (Å²) in [4.78, 5) is 20.7. The second-order valence-electron chi connectivity index (χ2n) is 4.62. The van der Waals surface area contributed by atoms with Gasteiger partial charge in [-0.1, -0.05) is 17.7 Å². The van der Waals surface area contributed by atoms with Gasteiger partial charge in [0, 0.05) is 23.0 Å². The van der Waals surface area contributed by atoms with Crippen molar-refractivity contribution in [3.63, 3.8) is 0 Å². The van der Waals surface area contributed by atoms with E-state index in [2.05, 4.69) is 15.3 Å².